The van der Waals surface area contributed by atoms with Crippen LogP contribution in [0.25, 0.3) is 28.0 Å². The molecule has 0 aliphatic heterocycles. The summed E-state index contributed by atoms with van der Waals surface area (Å²) in [4.78, 5) is 13.1. The molecular formula is C26H20BrFN4O4. The zero-order valence-corrected chi connectivity index (χ0v) is 20.9. The van der Waals surface area contributed by atoms with E-state index in [0.717, 1.165) is 26.3 Å². The zero-order chi connectivity index (χ0) is 25.4. The first-order valence-electron chi connectivity index (χ1n) is 10.8. The number of hydrogen-bond donors (Lipinski definition) is 1. The van der Waals surface area contributed by atoms with Crippen LogP contribution < -0.4 is 15.0 Å². The molecule has 0 spiro atoms. The lowest BCUT2D eigenvalue weighted by Gasteiger charge is -2.11. The summed E-state index contributed by atoms with van der Waals surface area (Å²) in [6.45, 7) is 0.274. The molecular weight excluding hydrogens is 531 g/mol. The number of benzene rings is 3. The Bertz CT molecular complexity index is 1630. The highest BCUT2D eigenvalue weighted by atomic mass is 79.9. The van der Waals surface area contributed by atoms with Crippen molar-refractivity contribution in [3.63, 3.8) is 0 Å². The van der Waals surface area contributed by atoms with E-state index in [4.69, 9.17) is 14.6 Å². The van der Waals surface area contributed by atoms with Crippen molar-refractivity contribution in [2.24, 2.45) is 0 Å². The van der Waals surface area contributed by atoms with Gasteiger partial charge in [-0.3, -0.25) is 9.48 Å². The van der Waals surface area contributed by atoms with Gasteiger partial charge >= 0.3 is 0 Å². The highest BCUT2D eigenvalue weighted by Gasteiger charge is 2.20. The molecule has 0 bridgehead atoms. The summed E-state index contributed by atoms with van der Waals surface area (Å²) in [6, 6.07) is 18.0. The van der Waals surface area contributed by atoms with Gasteiger partial charge in [0.05, 0.1) is 26.3 Å². The van der Waals surface area contributed by atoms with Crippen LogP contribution in [0.4, 0.5) is 4.39 Å². The highest BCUT2D eigenvalue weighted by Crippen LogP contribution is 2.31. The number of hydrogen-bond acceptors (Lipinski definition) is 6. The summed E-state index contributed by atoms with van der Waals surface area (Å²) in [5.74, 6) is 0.0699. The van der Waals surface area contributed by atoms with Crippen LogP contribution in [-0.2, 0) is 6.54 Å². The fourth-order valence-corrected chi connectivity index (χ4v) is 4.24. The predicted octanol–water partition coefficient (Wildman–Crippen LogP) is 4.92. The molecule has 0 aliphatic rings. The Labute approximate surface area is 213 Å². The van der Waals surface area contributed by atoms with Crippen molar-refractivity contribution in [2.45, 2.75) is 6.54 Å². The van der Waals surface area contributed by atoms with Gasteiger partial charge in [0.15, 0.2) is 5.82 Å². The van der Waals surface area contributed by atoms with Gasteiger partial charge in [0.25, 0.3) is 5.56 Å². The van der Waals surface area contributed by atoms with E-state index in [-0.39, 0.29) is 12.2 Å². The van der Waals surface area contributed by atoms with Crippen LogP contribution in [0.3, 0.4) is 0 Å². The molecule has 10 heteroatoms. The fourth-order valence-electron chi connectivity index (χ4n) is 3.97. The van der Waals surface area contributed by atoms with Crippen molar-refractivity contribution in [1.82, 2.24) is 19.6 Å². The van der Waals surface area contributed by atoms with Gasteiger partial charge in [-0.15, -0.1) is 0 Å². The van der Waals surface area contributed by atoms with Crippen molar-refractivity contribution < 1.29 is 19.0 Å². The summed E-state index contributed by atoms with van der Waals surface area (Å²) in [7, 11) is 3.14. The van der Waals surface area contributed by atoms with E-state index in [1.807, 2.05) is 36.4 Å². The fraction of sp³-hybridized carbons (Fsp3) is 0.115. The maximum Gasteiger partial charge on any atom is 0.273 e. The molecule has 1 N–H and O–H groups in total. The molecule has 0 saturated carbocycles. The molecule has 8 nitrogen and oxygen atoms in total. The topological polar surface area (TPSA) is 91.4 Å². The van der Waals surface area contributed by atoms with Crippen LogP contribution >= 0.6 is 15.9 Å². The third-order valence-electron chi connectivity index (χ3n) is 5.74. The molecule has 0 saturated heterocycles. The molecule has 5 rings (SSSR count). The number of ether oxygens (including phenoxy) is 2. The second kappa shape index (κ2) is 9.46. The Morgan fingerprint density at radius 2 is 1.78 bits per heavy atom. The summed E-state index contributed by atoms with van der Waals surface area (Å²) in [6.07, 6.45) is 0. The lowest BCUT2D eigenvalue weighted by Crippen LogP contribution is -2.21. The molecule has 0 aliphatic carbocycles. The number of rotatable bonds is 6. The molecule has 182 valence electrons. The minimum atomic E-state index is -0.774. The van der Waals surface area contributed by atoms with E-state index in [0.29, 0.717) is 28.2 Å². The lowest BCUT2D eigenvalue weighted by molar-refractivity contribution is 0.390. The SMILES string of the molecule is COc1ccc(Cn2nc(-c3ccc(Br)cc3)c3nn(-c4c(O)cccc4F)c(=O)cc32)c(OC)c1. The Kier molecular flexibility index (Phi) is 6.19. The van der Waals surface area contributed by atoms with Gasteiger partial charge in [-0.2, -0.15) is 14.9 Å². The molecule has 0 atom stereocenters. The number of phenolic OH excluding ortho intramolecular Hbond substituents is 1. The number of methoxy groups -OCH3 is 2. The van der Waals surface area contributed by atoms with Crippen LogP contribution in [0.1, 0.15) is 5.56 Å². The van der Waals surface area contributed by atoms with Gasteiger partial charge in [0.1, 0.15) is 34.1 Å². The lowest BCUT2D eigenvalue weighted by atomic mass is 10.1. The van der Waals surface area contributed by atoms with Crippen LogP contribution in [0.5, 0.6) is 17.2 Å². The first kappa shape index (κ1) is 23.6. The number of phenols is 1. The Morgan fingerprint density at radius 3 is 2.47 bits per heavy atom. The van der Waals surface area contributed by atoms with E-state index in [1.54, 1.807) is 25.0 Å². The molecule has 36 heavy (non-hydrogen) atoms. The smallest absolute Gasteiger partial charge is 0.273 e. The number of nitrogens with zero attached hydrogens (tertiary/aromatic N) is 4. The molecule has 0 unspecified atom stereocenters. The Hall–Kier alpha value is -4.18. The molecule has 2 heterocycles. The molecule has 0 radical (unpaired) electrons. The second-order valence-electron chi connectivity index (χ2n) is 7.93. The highest BCUT2D eigenvalue weighted by molar-refractivity contribution is 9.10. The standard InChI is InChI=1S/C26H20BrFN4O4/c1-35-18-11-8-16(22(12-18)36-2)14-31-20-13-23(34)32(26-19(28)4-3-5-21(26)33)30-25(20)24(29-31)15-6-9-17(27)10-7-15/h3-13,33H,14H2,1-2H3. The van der Waals surface area contributed by atoms with E-state index in [2.05, 4.69) is 21.0 Å². The maximum absolute atomic E-state index is 14.6. The van der Waals surface area contributed by atoms with Crippen molar-refractivity contribution >= 4 is 27.0 Å². The monoisotopic (exact) mass is 550 g/mol. The molecule has 3 aromatic carbocycles. The summed E-state index contributed by atoms with van der Waals surface area (Å²) in [5.41, 5.74) is 1.92. The van der Waals surface area contributed by atoms with E-state index < -0.39 is 17.1 Å². The van der Waals surface area contributed by atoms with Crippen LogP contribution in [-0.4, -0.2) is 38.9 Å². The van der Waals surface area contributed by atoms with Gasteiger partial charge in [-0.05, 0) is 36.4 Å². The van der Waals surface area contributed by atoms with E-state index in [1.165, 1.54) is 18.2 Å². The number of aromatic nitrogens is 4. The van der Waals surface area contributed by atoms with Crippen LogP contribution in [0, 0.1) is 5.82 Å². The second-order valence-corrected chi connectivity index (χ2v) is 8.84. The number of halogens is 2. The number of aromatic hydroxyl groups is 1. The number of para-hydroxylation sites is 1. The Morgan fingerprint density at radius 1 is 1.00 bits per heavy atom. The summed E-state index contributed by atoms with van der Waals surface area (Å²) < 4.78 is 28.8. The normalized spacial score (nSPS) is 11.1. The average molecular weight is 551 g/mol. The maximum atomic E-state index is 14.6. The van der Waals surface area contributed by atoms with E-state index in [9.17, 15) is 14.3 Å². The van der Waals surface area contributed by atoms with Crippen molar-refractivity contribution in [3.8, 4) is 34.2 Å². The number of fused-ring (bicyclic) bond motifs is 1. The molecule has 0 fully saturated rings. The largest absolute Gasteiger partial charge is 0.506 e. The van der Waals surface area contributed by atoms with Gasteiger partial charge in [-0.25, -0.2) is 4.39 Å². The van der Waals surface area contributed by atoms with Gasteiger partial charge < -0.3 is 14.6 Å². The third-order valence-corrected chi connectivity index (χ3v) is 6.27. The predicted molar refractivity (Wildman–Crippen MR) is 137 cm³/mol. The Balaban J connectivity index is 1.74. The van der Waals surface area contributed by atoms with Crippen LogP contribution in [0.2, 0.25) is 0 Å². The van der Waals surface area contributed by atoms with Gasteiger partial charge in [0.2, 0.25) is 0 Å². The van der Waals surface area contributed by atoms with Crippen molar-refractivity contribution in [3.05, 3.63) is 92.9 Å². The summed E-state index contributed by atoms with van der Waals surface area (Å²) >= 11 is 3.43. The van der Waals surface area contributed by atoms with E-state index >= 15 is 0 Å². The van der Waals surface area contributed by atoms with Crippen molar-refractivity contribution in [2.75, 3.05) is 14.2 Å². The molecule has 0 amide bonds. The molecule has 2 aromatic heterocycles. The quantitative estimate of drug-likeness (QED) is 0.322. The first-order chi connectivity index (χ1) is 17.4. The minimum absolute atomic E-state index is 0.274. The minimum Gasteiger partial charge on any atom is -0.506 e. The van der Waals surface area contributed by atoms with Gasteiger partial charge in [0, 0.05) is 27.7 Å². The van der Waals surface area contributed by atoms with Crippen molar-refractivity contribution in [1.29, 1.82) is 0 Å². The zero-order valence-electron chi connectivity index (χ0n) is 19.3. The van der Waals surface area contributed by atoms with Gasteiger partial charge in [-0.1, -0.05) is 34.1 Å². The first-order valence-corrected chi connectivity index (χ1v) is 11.6. The average Bonchev–Trinajstić information content (AvgIpc) is 3.21. The molecule has 5 aromatic rings. The van der Waals surface area contributed by atoms with Crippen LogP contribution in [0.15, 0.2) is 76.0 Å². The summed E-state index contributed by atoms with van der Waals surface area (Å²) in [5, 5.41) is 19.5. The third kappa shape index (κ3) is 4.20.